The van der Waals surface area contributed by atoms with Crippen molar-refractivity contribution in [1.82, 2.24) is 19.4 Å². The third-order valence-electron chi connectivity index (χ3n) is 5.04. The average molecular weight is 443 g/mol. The summed E-state index contributed by atoms with van der Waals surface area (Å²) >= 11 is 0. The number of rotatable bonds is 9. The Labute approximate surface area is 180 Å². The number of hydrogen-bond acceptors (Lipinski definition) is 4. The monoisotopic (exact) mass is 442 g/mol. The lowest BCUT2D eigenvalue weighted by atomic mass is 10.3. The predicted octanol–water partition coefficient (Wildman–Crippen LogP) is 2.98. The number of amides is 1. The molecule has 0 saturated heterocycles. The van der Waals surface area contributed by atoms with E-state index in [2.05, 4.69) is 10.4 Å². The number of nitrogens with one attached hydrogen (secondary N) is 1. The van der Waals surface area contributed by atoms with E-state index >= 15 is 0 Å². The van der Waals surface area contributed by atoms with E-state index in [1.54, 1.807) is 16.9 Å². The largest absolute Gasteiger partial charge is 0.351 e. The number of hydrogen-bond donors (Lipinski definition) is 1. The lowest BCUT2D eigenvalue weighted by Crippen LogP contribution is -2.36. The molecule has 1 amide bonds. The summed E-state index contributed by atoms with van der Waals surface area (Å²) in [5.41, 5.74) is 1.14. The van der Waals surface area contributed by atoms with Crippen LogP contribution in [0.1, 0.15) is 29.8 Å². The molecule has 162 valence electrons. The van der Waals surface area contributed by atoms with Gasteiger partial charge < -0.3 is 5.32 Å². The Morgan fingerprint density at radius 3 is 2.61 bits per heavy atom. The van der Waals surface area contributed by atoms with Crippen LogP contribution in [0.15, 0.2) is 71.8 Å². The number of benzene rings is 2. The van der Waals surface area contributed by atoms with Crippen molar-refractivity contribution < 1.29 is 17.6 Å². The van der Waals surface area contributed by atoms with Crippen LogP contribution in [-0.4, -0.2) is 47.5 Å². The third kappa shape index (κ3) is 5.00. The van der Waals surface area contributed by atoms with E-state index < -0.39 is 15.8 Å². The molecule has 1 aliphatic carbocycles. The summed E-state index contributed by atoms with van der Waals surface area (Å²) in [6.45, 7) is 0.557. The van der Waals surface area contributed by atoms with Gasteiger partial charge in [-0.3, -0.25) is 4.79 Å². The molecular formula is C22H23FN4O3S. The van der Waals surface area contributed by atoms with Gasteiger partial charge in [0.15, 0.2) is 5.69 Å². The Balaban J connectivity index is 1.33. The Morgan fingerprint density at radius 1 is 1.13 bits per heavy atom. The molecule has 0 aliphatic heterocycles. The number of para-hydroxylation sites is 1. The van der Waals surface area contributed by atoms with Gasteiger partial charge in [-0.25, -0.2) is 17.5 Å². The highest BCUT2D eigenvalue weighted by atomic mass is 32.2. The van der Waals surface area contributed by atoms with Crippen molar-refractivity contribution in [3.63, 3.8) is 0 Å². The molecule has 1 aliphatic rings. The molecule has 2 aromatic carbocycles. The minimum absolute atomic E-state index is 0.0464. The maximum atomic E-state index is 13.5. The molecular weight excluding hydrogens is 419 g/mol. The molecule has 1 saturated carbocycles. The minimum Gasteiger partial charge on any atom is -0.351 e. The first-order chi connectivity index (χ1) is 14.9. The van der Waals surface area contributed by atoms with Gasteiger partial charge in [0.1, 0.15) is 5.82 Å². The van der Waals surface area contributed by atoms with E-state index in [0.717, 1.165) is 24.6 Å². The summed E-state index contributed by atoms with van der Waals surface area (Å²) in [5.74, 6) is -0.903. The van der Waals surface area contributed by atoms with Gasteiger partial charge >= 0.3 is 0 Å². The molecule has 0 radical (unpaired) electrons. The molecule has 31 heavy (non-hydrogen) atoms. The standard InChI is InChI=1S/C22H23FN4O3S/c23-17-6-4-9-20(16-17)31(29,30)27(19-10-11-19)14-5-13-24-22(28)21-12-15-26(25-21)18-7-2-1-3-8-18/h1-4,6-9,12,15-16,19H,5,10-11,13-14H2,(H,24,28). The fourth-order valence-electron chi connectivity index (χ4n) is 3.32. The molecule has 1 heterocycles. The Hall–Kier alpha value is -3.04. The van der Waals surface area contributed by atoms with Gasteiger partial charge in [0.05, 0.1) is 10.6 Å². The molecule has 0 atom stereocenters. The van der Waals surface area contributed by atoms with Gasteiger partial charge in [-0.1, -0.05) is 24.3 Å². The first-order valence-electron chi connectivity index (χ1n) is 10.1. The molecule has 1 fully saturated rings. The fourth-order valence-corrected chi connectivity index (χ4v) is 5.08. The Morgan fingerprint density at radius 2 is 1.90 bits per heavy atom. The van der Waals surface area contributed by atoms with E-state index in [1.807, 2.05) is 30.3 Å². The summed E-state index contributed by atoms with van der Waals surface area (Å²) in [6, 6.07) is 16.1. The number of nitrogens with zero attached hydrogens (tertiary/aromatic N) is 3. The van der Waals surface area contributed by atoms with Crippen molar-refractivity contribution in [2.75, 3.05) is 13.1 Å². The molecule has 0 unspecified atom stereocenters. The summed E-state index contributed by atoms with van der Waals surface area (Å²) in [5, 5.41) is 7.06. The average Bonchev–Trinajstić information content (AvgIpc) is 3.48. The van der Waals surface area contributed by atoms with E-state index in [0.29, 0.717) is 13.0 Å². The minimum atomic E-state index is -3.78. The highest BCUT2D eigenvalue weighted by Gasteiger charge is 2.37. The lowest BCUT2D eigenvalue weighted by molar-refractivity contribution is 0.0947. The van der Waals surface area contributed by atoms with E-state index in [-0.39, 0.29) is 29.1 Å². The molecule has 0 spiro atoms. The topological polar surface area (TPSA) is 84.3 Å². The highest BCUT2D eigenvalue weighted by Crippen LogP contribution is 2.32. The molecule has 4 rings (SSSR count). The second-order valence-corrected chi connectivity index (χ2v) is 9.29. The van der Waals surface area contributed by atoms with Gasteiger partial charge in [0, 0.05) is 25.3 Å². The van der Waals surface area contributed by atoms with E-state index in [4.69, 9.17) is 0 Å². The molecule has 3 aromatic rings. The van der Waals surface area contributed by atoms with Crippen LogP contribution in [0.3, 0.4) is 0 Å². The quantitative estimate of drug-likeness (QED) is 0.517. The van der Waals surface area contributed by atoms with Crippen LogP contribution in [0.2, 0.25) is 0 Å². The number of carbonyl (C=O) groups excluding carboxylic acids is 1. The van der Waals surface area contributed by atoms with Crippen molar-refractivity contribution >= 4 is 15.9 Å². The van der Waals surface area contributed by atoms with Gasteiger partial charge in [0.25, 0.3) is 5.91 Å². The summed E-state index contributed by atoms with van der Waals surface area (Å²) < 4.78 is 42.4. The van der Waals surface area contributed by atoms with Gasteiger partial charge in [0.2, 0.25) is 10.0 Å². The summed E-state index contributed by atoms with van der Waals surface area (Å²) in [4.78, 5) is 12.3. The SMILES string of the molecule is O=C(NCCCN(C1CC1)S(=O)(=O)c1cccc(F)c1)c1ccn(-c2ccccc2)n1. The number of halogens is 1. The smallest absolute Gasteiger partial charge is 0.271 e. The van der Waals surface area contributed by atoms with Crippen molar-refractivity contribution in [2.45, 2.75) is 30.2 Å². The zero-order valence-electron chi connectivity index (χ0n) is 16.8. The van der Waals surface area contributed by atoms with Crippen LogP contribution in [-0.2, 0) is 10.0 Å². The van der Waals surface area contributed by atoms with Crippen LogP contribution in [0.5, 0.6) is 0 Å². The zero-order chi connectivity index (χ0) is 21.8. The second-order valence-electron chi connectivity index (χ2n) is 7.39. The predicted molar refractivity (Wildman–Crippen MR) is 114 cm³/mol. The highest BCUT2D eigenvalue weighted by molar-refractivity contribution is 7.89. The van der Waals surface area contributed by atoms with Gasteiger partial charge in [-0.15, -0.1) is 0 Å². The van der Waals surface area contributed by atoms with Crippen LogP contribution in [0.25, 0.3) is 5.69 Å². The Bertz CT molecular complexity index is 1160. The normalized spacial score (nSPS) is 14.0. The number of sulfonamides is 1. The number of carbonyl (C=O) groups is 1. The van der Waals surface area contributed by atoms with Gasteiger partial charge in [-0.2, -0.15) is 9.40 Å². The first kappa shape index (κ1) is 21.2. The molecule has 1 N–H and O–H groups in total. The molecule has 7 nitrogen and oxygen atoms in total. The first-order valence-corrected chi connectivity index (χ1v) is 11.6. The van der Waals surface area contributed by atoms with Crippen molar-refractivity contribution in [3.8, 4) is 5.69 Å². The summed E-state index contributed by atoms with van der Waals surface area (Å²) in [6.07, 6.45) is 3.73. The van der Waals surface area contributed by atoms with Crippen LogP contribution in [0, 0.1) is 5.82 Å². The zero-order valence-corrected chi connectivity index (χ0v) is 17.6. The molecule has 9 heteroatoms. The van der Waals surface area contributed by atoms with Crippen LogP contribution < -0.4 is 5.32 Å². The van der Waals surface area contributed by atoms with Crippen molar-refractivity contribution in [3.05, 3.63) is 78.4 Å². The lowest BCUT2D eigenvalue weighted by Gasteiger charge is -2.22. The second kappa shape index (κ2) is 8.99. The maximum absolute atomic E-state index is 13.5. The molecule has 1 aromatic heterocycles. The van der Waals surface area contributed by atoms with Crippen molar-refractivity contribution in [1.29, 1.82) is 0 Å². The summed E-state index contributed by atoms with van der Waals surface area (Å²) in [7, 11) is -3.78. The van der Waals surface area contributed by atoms with E-state index in [1.165, 1.54) is 22.5 Å². The van der Waals surface area contributed by atoms with Crippen molar-refractivity contribution in [2.24, 2.45) is 0 Å². The van der Waals surface area contributed by atoms with Crippen LogP contribution in [0.4, 0.5) is 4.39 Å². The maximum Gasteiger partial charge on any atom is 0.271 e. The molecule has 0 bridgehead atoms. The Kier molecular flexibility index (Phi) is 6.15. The fraction of sp³-hybridized carbons (Fsp3) is 0.273. The van der Waals surface area contributed by atoms with Crippen LogP contribution >= 0.6 is 0 Å². The number of aromatic nitrogens is 2. The van der Waals surface area contributed by atoms with E-state index in [9.17, 15) is 17.6 Å². The third-order valence-corrected chi connectivity index (χ3v) is 6.99. The van der Waals surface area contributed by atoms with Gasteiger partial charge in [-0.05, 0) is 55.7 Å².